The number of carbonyl (C=O) groups is 1. The van der Waals surface area contributed by atoms with E-state index in [1.165, 1.54) is 7.11 Å². The number of hydrogen-bond acceptors (Lipinski definition) is 4. The maximum Gasteiger partial charge on any atom is 0.322 e. The first kappa shape index (κ1) is 18.5. The average molecular weight is 307 g/mol. The van der Waals surface area contributed by atoms with E-state index in [-0.39, 0.29) is 23.0 Å². The molecule has 1 aromatic rings. The summed E-state index contributed by atoms with van der Waals surface area (Å²) < 4.78 is 4.67. The second kappa shape index (κ2) is 6.29. The van der Waals surface area contributed by atoms with Gasteiger partial charge in [-0.25, -0.2) is 0 Å². The van der Waals surface area contributed by atoms with Gasteiger partial charge in [0.05, 0.1) is 7.11 Å². The summed E-state index contributed by atoms with van der Waals surface area (Å²) in [5.74, 6) is -0.252. The number of aromatic hydroxyl groups is 1. The summed E-state index contributed by atoms with van der Waals surface area (Å²) >= 11 is 0. The van der Waals surface area contributed by atoms with Gasteiger partial charge in [-0.3, -0.25) is 4.79 Å². The van der Waals surface area contributed by atoms with Gasteiger partial charge in [-0.1, -0.05) is 53.7 Å². The highest BCUT2D eigenvalue weighted by Gasteiger charge is 2.26. The molecule has 1 unspecified atom stereocenters. The van der Waals surface area contributed by atoms with Gasteiger partial charge < -0.3 is 15.6 Å². The first-order chi connectivity index (χ1) is 9.87. The van der Waals surface area contributed by atoms with Crippen molar-refractivity contribution < 1.29 is 14.6 Å². The zero-order chi connectivity index (χ0) is 17.3. The van der Waals surface area contributed by atoms with Gasteiger partial charge in [-0.05, 0) is 27.5 Å². The van der Waals surface area contributed by atoms with Crippen molar-refractivity contribution in [3.05, 3.63) is 28.8 Å². The molecule has 0 radical (unpaired) electrons. The van der Waals surface area contributed by atoms with E-state index < -0.39 is 12.0 Å². The summed E-state index contributed by atoms with van der Waals surface area (Å²) in [7, 11) is 1.31. The summed E-state index contributed by atoms with van der Waals surface area (Å²) in [5, 5.41) is 10.6. The molecule has 0 amide bonds. The lowest BCUT2D eigenvalue weighted by Gasteiger charge is -2.28. The van der Waals surface area contributed by atoms with Crippen molar-refractivity contribution in [1.29, 1.82) is 0 Å². The van der Waals surface area contributed by atoms with Gasteiger partial charge in [-0.15, -0.1) is 0 Å². The van der Waals surface area contributed by atoms with Gasteiger partial charge in [0.1, 0.15) is 11.8 Å². The minimum atomic E-state index is -0.779. The van der Waals surface area contributed by atoms with Crippen LogP contribution in [0.3, 0.4) is 0 Å². The fourth-order valence-corrected chi connectivity index (χ4v) is 2.33. The quantitative estimate of drug-likeness (QED) is 0.842. The largest absolute Gasteiger partial charge is 0.507 e. The van der Waals surface area contributed by atoms with Gasteiger partial charge in [0, 0.05) is 6.42 Å². The van der Waals surface area contributed by atoms with E-state index in [0.717, 1.165) is 11.1 Å². The fourth-order valence-electron chi connectivity index (χ4n) is 2.33. The zero-order valence-electron chi connectivity index (χ0n) is 14.8. The fraction of sp³-hybridized carbons (Fsp3) is 0.611. The number of nitrogens with two attached hydrogens (primary N) is 1. The van der Waals surface area contributed by atoms with E-state index in [1.807, 2.05) is 12.1 Å². The molecule has 0 aliphatic carbocycles. The van der Waals surface area contributed by atoms with Crippen LogP contribution < -0.4 is 5.73 Å². The molecular formula is C18H29NO3. The van der Waals surface area contributed by atoms with E-state index >= 15 is 0 Å². The number of methoxy groups -OCH3 is 1. The lowest BCUT2D eigenvalue weighted by molar-refractivity contribution is -0.142. The van der Waals surface area contributed by atoms with Crippen molar-refractivity contribution in [2.24, 2.45) is 5.73 Å². The number of carbonyl (C=O) groups excluding carboxylic acids is 1. The Kier molecular flexibility index (Phi) is 5.29. The average Bonchev–Trinajstić information content (AvgIpc) is 2.37. The molecule has 0 aliphatic rings. The molecule has 4 heteroatoms. The third-order valence-electron chi connectivity index (χ3n) is 3.81. The van der Waals surface area contributed by atoms with Crippen molar-refractivity contribution in [3.63, 3.8) is 0 Å². The van der Waals surface area contributed by atoms with Crippen molar-refractivity contribution >= 4 is 5.97 Å². The van der Waals surface area contributed by atoms with E-state index in [1.54, 1.807) is 0 Å². The molecule has 1 atom stereocenters. The summed E-state index contributed by atoms with van der Waals surface area (Å²) in [4.78, 5) is 11.6. The number of hydrogen-bond donors (Lipinski definition) is 2. The van der Waals surface area contributed by atoms with Crippen LogP contribution in [0.1, 0.15) is 58.2 Å². The van der Waals surface area contributed by atoms with E-state index in [9.17, 15) is 9.90 Å². The van der Waals surface area contributed by atoms with Crippen LogP contribution in [-0.2, 0) is 26.8 Å². The topological polar surface area (TPSA) is 72.5 Å². The Morgan fingerprint density at radius 2 is 1.73 bits per heavy atom. The number of rotatable bonds is 3. The first-order valence-electron chi connectivity index (χ1n) is 7.58. The van der Waals surface area contributed by atoms with Crippen LogP contribution in [0.25, 0.3) is 0 Å². The van der Waals surface area contributed by atoms with E-state index in [4.69, 9.17) is 5.73 Å². The highest BCUT2D eigenvalue weighted by molar-refractivity contribution is 5.76. The van der Waals surface area contributed by atoms with E-state index in [2.05, 4.69) is 46.3 Å². The highest BCUT2D eigenvalue weighted by Crippen LogP contribution is 2.38. The second-order valence-corrected chi connectivity index (χ2v) is 7.87. The van der Waals surface area contributed by atoms with Gasteiger partial charge >= 0.3 is 5.97 Å². The molecule has 0 fully saturated rings. The zero-order valence-corrected chi connectivity index (χ0v) is 14.8. The predicted octanol–water partition coefficient (Wildman–Crippen LogP) is 3.03. The number of esters is 1. The smallest absolute Gasteiger partial charge is 0.322 e. The molecular weight excluding hydrogens is 278 g/mol. The summed E-state index contributed by atoms with van der Waals surface area (Å²) in [6.45, 7) is 12.5. The molecule has 0 saturated carbocycles. The molecule has 0 saturated heterocycles. The SMILES string of the molecule is COC(=O)C(N)Cc1cc(C(C)(C)C)cc(C(C)(C)C)c1O. The maximum absolute atomic E-state index is 11.6. The summed E-state index contributed by atoms with van der Waals surface area (Å²) in [6, 6.07) is 3.20. The third-order valence-corrected chi connectivity index (χ3v) is 3.81. The van der Waals surface area contributed by atoms with Gasteiger partial charge in [0.25, 0.3) is 0 Å². The summed E-state index contributed by atoms with van der Waals surface area (Å²) in [5.41, 5.74) is 8.28. The van der Waals surface area contributed by atoms with Crippen molar-refractivity contribution in [3.8, 4) is 5.75 Å². The molecule has 0 spiro atoms. The molecule has 1 rings (SSSR count). The van der Waals surface area contributed by atoms with Crippen LogP contribution in [-0.4, -0.2) is 24.2 Å². The second-order valence-electron chi connectivity index (χ2n) is 7.87. The first-order valence-corrected chi connectivity index (χ1v) is 7.58. The van der Waals surface area contributed by atoms with Crippen molar-refractivity contribution in [1.82, 2.24) is 0 Å². The summed E-state index contributed by atoms with van der Waals surface area (Å²) in [6.07, 6.45) is 0.255. The van der Waals surface area contributed by atoms with Crippen LogP contribution in [0, 0.1) is 0 Å². The van der Waals surface area contributed by atoms with Crippen molar-refractivity contribution in [2.75, 3.05) is 7.11 Å². The molecule has 1 aromatic carbocycles. The molecule has 4 nitrogen and oxygen atoms in total. The maximum atomic E-state index is 11.6. The van der Waals surface area contributed by atoms with Crippen LogP contribution in [0.2, 0.25) is 0 Å². The molecule has 0 aromatic heterocycles. The minimum absolute atomic E-state index is 0.0577. The number of phenolic OH excluding ortho intramolecular Hbond substituents is 1. The molecule has 0 heterocycles. The Labute approximate surface area is 133 Å². The standard InChI is InChI=1S/C18H29NO3/c1-17(2,3)12-8-11(9-14(19)16(21)22-7)15(20)13(10-12)18(4,5)6/h8,10,14,20H,9,19H2,1-7H3. The molecule has 3 N–H and O–H groups in total. The van der Waals surface area contributed by atoms with Gasteiger partial charge in [0.15, 0.2) is 0 Å². The highest BCUT2D eigenvalue weighted by atomic mass is 16.5. The molecule has 124 valence electrons. The van der Waals surface area contributed by atoms with Crippen molar-refractivity contribution in [2.45, 2.75) is 64.8 Å². The normalized spacial score (nSPS) is 13.8. The molecule has 0 aliphatic heterocycles. The Morgan fingerprint density at radius 3 is 2.14 bits per heavy atom. The van der Waals surface area contributed by atoms with E-state index in [0.29, 0.717) is 5.56 Å². The van der Waals surface area contributed by atoms with Crippen LogP contribution >= 0.6 is 0 Å². The van der Waals surface area contributed by atoms with Crippen LogP contribution in [0.5, 0.6) is 5.75 Å². The Morgan fingerprint density at radius 1 is 1.18 bits per heavy atom. The predicted molar refractivity (Wildman–Crippen MR) is 89.2 cm³/mol. The Hall–Kier alpha value is -1.55. The Balaban J connectivity index is 3.40. The minimum Gasteiger partial charge on any atom is -0.507 e. The lowest BCUT2D eigenvalue weighted by Crippen LogP contribution is -2.34. The van der Waals surface area contributed by atoms with Crippen LogP contribution in [0.4, 0.5) is 0 Å². The number of phenols is 1. The Bertz CT molecular complexity index is 551. The molecule has 22 heavy (non-hydrogen) atoms. The number of ether oxygens (including phenoxy) is 1. The van der Waals surface area contributed by atoms with Crippen LogP contribution in [0.15, 0.2) is 12.1 Å². The van der Waals surface area contributed by atoms with Gasteiger partial charge in [0.2, 0.25) is 0 Å². The third kappa shape index (κ3) is 4.23. The lowest BCUT2D eigenvalue weighted by atomic mass is 9.78. The monoisotopic (exact) mass is 307 g/mol. The number of benzene rings is 1. The molecule has 0 bridgehead atoms. The van der Waals surface area contributed by atoms with Gasteiger partial charge in [-0.2, -0.15) is 0 Å².